The average Bonchev–Trinajstić information content (AvgIpc) is 3.19. The van der Waals surface area contributed by atoms with Crippen molar-refractivity contribution in [2.24, 2.45) is 16.3 Å². The van der Waals surface area contributed by atoms with Crippen molar-refractivity contribution >= 4 is 29.9 Å². The molecule has 2 fully saturated rings. The summed E-state index contributed by atoms with van der Waals surface area (Å²) in [7, 11) is 1.85. The highest BCUT2D eigenvalue weighted by Gasteiger charge is 2.48. The van der Waals surface area contributed by atoms with Crippen LogP contribution in [0.3, 0.4) is 0 Å². The molecular weight excluding hydrogens is 365 g/mol. The standard InChI is InChI=1S/C15H29N3O.HI/c1-3-19-11-5-10-17-14(16-2)18-12-15(8-4-9-15)13-6-7-13;/h13H,3-12H2,1-2H3,(H2,16,17,18);1H. The Labute approximate surface area is 140 Å². The van der Waals surface area contributed by atoms with Gasteiger partial charge in [0.25, 0.3) is 0 Å². The molecular formula is C15H30IN3O. The minimum Gasteiger partial charge on any atom is -0.382 e. The molecule has 0 saturated heterocycles. The number of hydrogen-bond acceptors (Lipinski definition) is 2. The van der Waals surface area contributed by atoms with Gasteiger partial charge in [0.15, 0.2) is 5.96 Å². The Balaban J connectivity index is 0.00000200. The first-order valence-corrected chi connectivity index (χ1v) is 7.83. The van der Waals surface area contributed by atoms with Crippen molar-refractivity contribution in [1.29, 1.82) is 0 Å². The van der Waals surface area contributed by atoms with Crippen LogP contribution in [-0.2, 0) is 4.74 Å². The summed E-state index contributed by atoms with van der Waals surface area (Å²) >= 11 is 0. The number of hydrogen-bond donors (Lipinski definition) is 2. The van der Waals surface area contributed by atoms with Crippen LogP contribution >= 0.6 is 24.0 Å². The summed E-state index contributed by atoms with van der Waals surface area (Å²) in [6.07, 6.45) is 8.16. The molecule has 0 aromatic carbocycles. The van der Waals surface area contributed by atoms with Crippen LogP contribution in [0.15, 0.2) is 4.99 Å². The molecule has 0 aliphatic heterocycles. The Kier molecular flexibility index (Phi) is 8.17. The maximum atomic E-state index is 5.33. The lowest BCUT2D eigenvalue weighted by molar-refractivity contribution is 0.106. The second-order valence-corrected chi connectivity index (χ2v) is 5.89. The molecule has 0 atom stereocenters. The van der Waals surface area contributed by atoms with E-state index in [-0.39, 0.29) is 24.0 Å². The number of ether oxygens (including phenoxy) is 1. The van der Waals surface area contributed by atoms with E-state index in [1.807, 2.05) is 14.0 Å². The van der Waals surface area contributed by atoms with Crippen LogP contribution in [0.2, 0.25) is 0 Å². The van der Waals surface area contributed by atoms with Gasteiger partial charge in [0.1, 0.15) is 0 Å². The number of nitrogens with zero attached hydrogens (tertiary/aromatic N) is 1. The zero-order valence-electron chi connectivity index (χ0n) is 12.9. The largest absolute Gasteiger partial charge is 0.382 e. The van der Waals surface area contributed by atoms with E-state index in [2.05, 4.69) is 15.6 Å². The van der Waals surface area contributed by atoms with Gasteiger partial charge in [0.05, 0.1) is 0 Å². The molecule has 0 aromatic rings. The van der Waals surface area contributed by atoms with Crippen molar-refractivity contribution in [3.63, 3.8) is 0 Å². The Morgan fingerprint density at radius 3 is 2.55 bits per heavy atom. The Morgan fingerprint density at radius 2 is 2.05 bits per heavy atom. The monoisotopic (exact) mass is 395 g/mol. The van der Waals surface area contributed by atoms with Crippen LogP contribution in [0.4, 0.5) is 0 Å². The SMILES string of the molecule is CCOCCCNC(=NC)NCC1(C2CC2)CCC1.I. The molecule has 2 rings (SSSR count). The van der Waals surface area contributed by atoms with Crippen molar-refractivity contribution in [1.82, 2.24) is 10.6 Å². The first kappa shape index (κ1) is 18.0. The first-order chi connectivity index (χ1) is 9.30. The smallest absolute Gasteiger partial charge is 0.190 e. The number of nitrogens with one attached hydrogen (secondary N) is 2. The molecule has 0 spiro atoms. The van der Waals surface area contributed by atoms with Gasteiger partial charge in [-0.15, -0.1) is 24.0 Å². The summed E-state index contributed by atoms with van der Waals surface area (Å²) in [6, 6.07) is 0. The van der Waals surface area contributed by atoms with E-state index in [0.717, 1.165) is 44.6 Å². The van der Waals surface area contributed by atoms with Gasteiger partial charge in [-0.1, -0.05) is 6.42 Å². The third-order valence-electron chi connectivity index (χ3n) is 4.59. The van der Waals surface area contributed by atoms with E-state index in [1.165, 1.54) is 32.1 Å². The van der Waals surface area contributed by atoms with Crippen molar-refractivity contribution in [3.8, 4) is 0 Å². The summed E-state index contributed by atoms with van der Waals surface area (Å²) in [5, 5.41) is 6.89. The van der Waals surface area contributed by atoms with Crippen LogP contribution in [0, 0.1) is 11.3 Å². The van der Waals surface area contributed by atoms with Gasteiger partial charge < -0.3 is 15.4 Å². The fraction of sp³-hybridized carbons (Fsp3) is 0.933. The highest BCUT2D eigenvalue weighted by Crippen LogP contribution is 2.56. The maximum absolute atomic E-state index is 5.33. The number of aliphatic imine (C=N–C) groups is 1. The Bertz CT molecular complexity index is 301. The summed E-state index contributed by atoms with van der Waals surface area (Å²) in [6.45, 7) is 5.69. The lowest BCUT2D eigenvalue weighted by Gasteiger charge is -2.43. The van der Waals surface area contributed by atoms with Gasteiger partial charge in [0.2, 0.25) is 0 Å². The Morgan fingerprint density at radius 1 is 1.30 bits per heavy atom. The van der Waals surface area contributed by atoms with Gasteiger partial charge >= 0.3 is 0 Å². The van der Waals surface area contributed by atoms with Crippen molar-refractivity contribution in [3.05, 3.63) is 0 Å². The fourth-order valence-electron chi connectivity index (χ4n) is 3.06. The molecule has 20 heavy (non-hydrogen) atoms. The van der Waals surface area contributed by atoms with Crippen molar-refractivity contribution in [2.75, 3.05) is 33.4 Å². The second-order valence-electron chi connectivity index (χ2n) is 5.89. The molecule has 2 aliphatic rings. The molecule has 2 N–H and O–H groups in total. The van der Waals surface area contributed by atoms with E-state index in [1.54, 1.807) is 0 Å². The quantitative estimate of drug-likeness (QED) is 0.288. The zero-order valence-corrected chi connectivity index (χ0v) is 15.2. The Hall–Kier alpha value is -0.0400. The second kappa shape index (κ2) is 9.07. The van der Waals surface area contributed by atoms with E-state index < -0.39 is 0 Å². The molecule has 0 amide bonds. The summed E-state index contributed by atoms with van der Waals surface area (Å²) in [5.74, 6) is 1.94. The van der Waals surface area contributed by atoms with Crippen molar-refractivity contribution < 1.29 is 4.74 Å². The normalized spacial score (nSPS) is 20.8. The van der Waals surface area contributed by atoms with E-state index in [0.29, 0.717) is 5.41 Å². The predicted octanol–water partition coefficient (Wildman–Crippen LogP) is 2.78. The van der Waals surface area contributed by atoms with E-state index in [4.69, 9.17) is 4.74 Å². The van der Waals surface area contributed by atoms with Gasteiger partial charge in [-0.3, -0.25) is 4.99 Å². The third-order valence-corrected chi connectivity index (χ3v) is 4.59. The van der Waals surface area contributed by atoms with Crippen LogP contribution < -0.4 is 10.6 Å². The average molecular weight is 395 g/mol. The maximum Gasteiger partial charge on any atom is 0.190 e. The van der Waals surface area contributed by atoms with Crippen molar-refractivity contribution in [2.45, 2.75) is 45.4 Å². The molecule has 4 nitrogen and oxygen atoms in total. The fourth-order valence-corrected chi connectivity index (χ4v) is 3.06. The van der Waals surface area contributed by atoms with Gasteiger partial charge in [-0.05, 0) is 50.4 Å². The number of guanidine groups is 1. The molecule has 0 radical (unpaired) electrons. The predicted molar refractivity (Wildman–Crippen MR) is 94.9 cm³/mol. The third kappa shape index (κ3) is 5.06. The van der Waals surface area contributed by atoms with Gasteiger partial charge in [0, 0.05) is 33.4 Å². The minimum atomic E-state index is 0. The van der Waals surface area contributed by atoms with Crippen LogP contribution in [0.5, 0.6) is 0 Å². The highest BCUT2D eigenvalue weighted by atomic mass is 127. The lowest BCUT2D eigenvalue weighted by atomic mass is 9.65. The molecule has 2 saturated carbocycles. The molecule has 0 bridgehead atoms. The first-order valence-electron chi connectivity index (χ1n) is 7.83. The zero-order chi connectivity index (χ0) is 13.6. The summed E-state index contributed by atoms with van der Waals surface area (Å²) in [5.41, 5.74) is 0.600. The summed E-state index contributed by atoms with van der Waals surface area (Å²) < 4.78 is 5.33. The van der Waals surface area contributed by atoms with Crippen LogP contribution in [-0.4, -0.2) is 39.3 Å². The number of halogens is 1. The summed E-state index contributed by atoms with van der Waals surface area (Å²) in [4.78, 5) is 4.30. The molecule has 0 unspecified atom stereocenters. The van der Waals surface area contributed by atoms with Crippen LogP contribution in [0.1, 0.15) is 45.4 Å². The highest BCUT2D eigenvalue weighted by molar-refractivity contribution is 14.0. The molecule has 0 heterocycles. The lowest BCUT2D eigenvalue weighted by Crippen LogP contribution is -2.47. The number of rotatable bonds is 8. The van der Waals surface area contributed by atoms with Crippen LogP contribution in [0.25, 0.3) is 0 Å². The topological polar surface area (TPSA) is 45.6 Å². The van der Waals surface area contributed by atoms with E-state index >= 15 is 0 Å². The molecule has 5 heteroatoms. The molecule has 2 aliphatic carbocycles. The molecule has 118 valence electrons. The van der Waals surface area contributed by atoms with Gasteiger partial charge in [-0.2, -0.15) is 0 Å². The van der Waals surface area contributed by atoms with Gasteiger partial charge in [-0.25, -0.2) is 0 Å². The molecule has 0 aromatic heterocycles. The minimum absolute atomic E-state index is 0. The van der Waals surface area contributed by atoms with E-state index in [9.17, 15) is 0 Å².